The number of aliphatic imine (C=N–C) groups is 2. The molecule has 2 aliphatic heterocycles. The van der Waals surface area contributed by atoms with Crippen LogP contribution in [-0.4, -0.2) is 40.5 Å². The molecule has 0 N–H and O–H groups in total. The van der Waals surface area contributed by atoms with Crippen molar-refractivity contribution in [3.05, 3.63) is 102 Å². The predicted octanol–water partition coefficient (Wildman–Crippen LogP) is 3.94. The molecule has 1 unspecified atom stereocenters. The Labute approximate surface area is 186 Å². The first-order chi connectivity index (χ1) is 15.7. The fraction of sp³-hybridized carbons (Fsp3) is 0.154. The minimum atomic E-state index is -0.522. The molecular formula is C26H22N4O2. The molecule has 0 radical (unpaired) electrons. The molecule has 1 aromatic heterocycles. The Hall–Kier alpha value is -4.06. The van der Waals surface area contributed by atoms with Crippen LogP contribution >= 0.6 is 0 Å². The Bertz CT molecular complexity index is 1230. The van der Waals surface area contributed by atoms with Crippen molar-refractivity contribution in [1.82, 2.24) is 9.88 Å². The molecule has 158 valence electrons. The highest BCUT2D eigenvalue weighted by Crippen LogP contribution is 2.28. The third-order valence-electron chi connectivity index (χ3n) is 5.51. The molecule has 1 amide bonds. The zero-order valence-electron chi connectivity index (χ0n) is 17.7. The van der Waals surface area contributed by atoms with Crippen molar-refractivity contribution in [1.29, 1.82) is 0 Å². The number of amides is 1. The number of benzene rings is 2. The lowest BCUT2D eigenvalue weighted by atomic mass is 10.0. The van der Waals surface area contributed by atoms with Gasteiger partial charge < -0.3 is 4.74 Å². The fourth-order valence-corrected chi connectivity index (χ4v) is 3.91. The van der Waals surface area contributed by atoms with Crippen LogP contribution in [0.5, 0.6) is 5.75 Å². The Balaban J connectivity index is 1.50. The van der Waals surface area contributed by atoms with Gasteiger partial charge in [-0.15, -0.1) is 0 Å². The summed E-state index contributed by atoms with van der Waals surface area (Å²) in [7, 11) is 1.60. The Kier molecular flexibility index (Phi) is 5.34. The van der Waals surface area contributed by atoms with Crippen LogP contribution in [0.1, 0.15) is 16.7 Å². The molecule has 1 atom stereocenters. The fourth-order valence-electron chi connectivity index (χ4n) is 3.91. The molecule has 0 bridgehead atoms. The maximum Gasteiger partial charge on any atom is 0.257 e. The highest BCUT2D eigenvalue weighted by atomic mass is 16.5. The maximum absolute atomic E-state index is 13.3. The first kappa shape index (κ1) is 19.9. The molecule has 6 nitrogen and oxygen atoms in total. The largest absolute Gasteiger partial charge is 0.495 e. The lowest BCUT2D eigenvalue weighted by Gasteiger charge is -2.22. The lowest BCUT2D eigenvalue weighted by molar-refractivity contribution is -0.125. The molecule has 0 saturated heterocycles. The molecular weight excluding hydrogens is 400 g/mol. The summed E-state index contributed by atoms with van der Waals surface area (Å²) in [6.07, 6.45) is 6.25. The zero-order valence-corrected chi connectivity index (χ0v) is 17.7. The molecule has 0 fully saturated rings. The van der Waals surface area contributed by atoms with Gasteiger partial charge in [0.15, 0.2) is 5.84 Å². The van der Waals surface area contributed by atoms with E-state index >= 15 is 0 Å². The average molecular weight is 422 g/mol. The van der Waals surface area contributed by atoms with Gasteiger partial charge in [0.2, 0.25) is 0 Å². The van der Waals surface area contributed by atoms with E-state index in [1.165, 1.54) is 0 Å². The molecule has 2 aliphatic rings. The molecule has 5 rings (SSSR count). The van der Waals surface area contributed by atoms with E-state index in [0.717, 1.165) is 28.1 Å². The molecule has 0 spiro atoms. The smallest absolute Gasteiger partial charge is 0.257 e. The van der Waals surface area contributed by atoms with Crippen LogP contribution in [0.2, 0.25) is 0 Å². The van der Waals surface area contributed by atoms with E-state index in [4.69, 9.17) is 14.7 Å². The van der Waals surface area contributed by atoms with Crippen LogP contribution in [0, 0.1) is 0 Å². The van der Waals surface area contributed by atoms with Crippen LogP contribution in [0.25, 0.3) is 5.70 Å². The van der Waals surface area contributed by atoms with Crippen LogP contribution in [0.4, 0.5) is 0 Å². The second-order valence-electron chi connectivity index (χ2n) is 7.72. The van der Waals surface area contributed by atoms with Crippen molar-refractivity contribution in [3.8, 4) is 5.75 Å². The van der Waals surface area contributed by atoms with Crippen molar-refractivity contribution in [3.63, 3.8) is 0 Å². The summed E-state index contributed by atoms with van der Waals surface area (Å²) in [5, 5.41) is 0. The number of hydrogen-bond acceptors (Lipinski definition) is 5. The molecule has 0 saturated carbocycles. The van der Waals surface area contributed by atoms with Crippen molar-refractivity contribution < 1.29 is 9.53 Å². The zero-order chi connectivity index (χ0) is 21.9. The maximum atomic E-state index is 13.3. The highest BCUT2D eigenvalue weighted by Gasteiger charge is 2.38. The number of hydrogen-bond donors (Lipinski definition) is 0. The minimum absolute atomic E-state index is 0.0586. The summed E-state index contributed by atoms with van der Waals surface area (Å²) in [6.45, 7) is 0. The third kappa shape index (κ3) is 3.95. The number of aromatic nitrogens is 1. The number of rotatable bonds is 6. The third-order valence-corrected chi connectivity index (χ3v) is 5.51. The van der Waals surface area contributed by atoms with Gasteiger partial charge in [-0.1, -0.05) is 60.7 Å². The van der Waals surface area contributed by atoms with Crippen molar-refractivity contribution >= 4 is 23.2 Å². The number of methoxy groups -OCH3 is 1. The van der Waals surface area contributed by atoms with Crippen LogP contribution in [-0.2, 0) is 17.6 Å². The average Bonchev–Trinajstić information content (AvgIpc) is 3.16. The van der Waals surface area contributed by atoms with E-state index in [1.54, 1.807) is 30.6 Å². The summed E-state index contributed by atoms with van der Waals surface area (Å²) in [4.78, 5) is 28.9. The van der Waals surface area contributed by atoms with Gasteiger partial charge in [-0.2, -0.15) is 0 Å². The van der Waals surface area contributed by atoms with Crippen LogP contribution < -0.4 is 4.74 Å². The second kappa shape index (κ2) is 8.59. The van der Waals surface area contributed by atoms with E-state index in [-0.39, 0.29) is 5.91 Å². The van der Waals surface area contributed by atoms with Gasteiger partial charge in [0.05, 0.1) is 24.7 Å². The molecule has 0 aliphatic carbocycles. The first-order valence-electron chi connectivity index (χ1n) is 10.5. The van der Waals surface area contributed by atoms with Crippen molar-refractivity contribution in [2.75, 3.05) is 7.11 Å². The number of fused-ring (bicyclic) bond motifs is 1. The first-order valence-corrected chi connectivity index (χ1v) is 10.5. The predicted molar refractivity (Wildman–Crippen MR) is 125 cm³/mol. The van der Waals surface area contributed by atoms with E-state index in [9.17, 15) is 4.79 Å². The van der Waals surface area contributed by atoms with E-state index in [1.807, 2.05) is 54.6 Å². The van der Waals surface area contributed by atoms with Crippen LogP contribution in [0.15, 0.2) is 95.3 Å². The standard InChI is InChI=1S/C26H22N4O2/c1-32-21-12-19(15-27-16-21)14-23-26(31)30-17-24(20-10-6-3-7-11-20)28-22(25(30)29-23)13-18-8-4-2-5-9-18/h2-12,15-17,23H,13-14H2,1H3. The van der Waals surface area contributed by atoms with E-state index < -0.39 is 6.04 Å². The molecule has 2 aromatic carbocycles. The van der Waals surface area contributed by atoms with Gasteiger partial charge in [0.25, 0.3) is 5.91 Å². The Morgan fingerprint density at radius 2 is 1.72 bits per heavy atom. The molecule has 32 heavy (non-hydrogen) atoms. The number of pyridine rings is 1. The van der Waals surface area contributed by atoms with Crippen molar-refractivity contribution in [2.45, 2.75) is 18.9 Å². The normalized spacial score (nSPS) is 17.4. The van der Waals surface area contributed by atoms with Crippen molar-refractivity contribution in [2.24, 2.45) is 9.98 Å². The molecule has 3 heterocycles. The number of amidine groups is 1. The number of ether oxygens (including phenoxy) is 1. The van der Waals surface area contributed by atoms with Gasteiger partial charge in [0, 0.05) is 30.8 Å². The van der Waals surface area contributed by atoms with E-state index in [0.29, 0.717) is 24.4 Å². The second-order valence-corrected chi connectivity index (χ2v) is 7.72. The monoisotopic (exact) mass is 422 g/mol. The summed E-state index contributed by atoms with van der Waals surface area (Å²) in [5.41, 5.74) is 4.53. The summed E-state index contributed by atoms with van der Waals surface area (Å²) < 4.78 is 5.26. The topological polar surface area (TPSA) is 67.2 Å². The number of carbonyl (C=O) groups is 1. The van der Waals surface area contributed by atoms with Gasteiger partial charge in [-0.05, 0) is 17.2 Å². The molecule has 3 aromatic rings. The van der Waals surface area contributed by atoms with Gasteiger partial charge >= 0.3 is 0 Å². The van der Waals surface area contributed by atoms with Gasteiger partial charge in [-0.25, -0.2) is 4.99 Å². The lowest BCUT2D eigenvalue weighted by Crippen LogP contribution is -2.38. The van der Waals surface area contributed by atoms with E-state index in [2.05, 4.69) is 17.1 Å². The number of carbonyl (C=O) groups excluding carboxylic acids is 1. The van der Waals surface area contributed by atoms with Gasteiger partial charge in [-0.3, -0.25) is 19.7 Å². The molecule has 6 heteroatoms. The summed E-state index contributed by atoms with van der Waals surface area (Å²) in [6, 6.07) is 21.4. The minimum Gasteiger partial charge on any atom is -0.495 e. The summed E-state index contributed by atoms with van der Waals surface area (Å²) in [5.74, 6) is 1.23. The quantitative estimate of drug-likeness (QED) is 0.604. The summed E-state index contributed by atoms with van der Waals surface area (Å²) >= 11 is 0. The van der Waals surface area contributed by atoms with Gasteiger partial charge in [0.1, 0.15) is 11.8 Å². The Morgan fingerprint density at radius 1 is 0.969 bits per heavy atom. The van der Waals surface area contributed by atoms with Crippen LogP contribution in [0.3, 0.4) is 0 Å². The Morgan fingerprint density at radius 3 is 2.47 bits per heavy atom. The highest BCUT2D eigenvalue weighted by molar-refractivity contribution is 6.47. The number of nitrogens with zero attached hydrogens (tertiary/aromatic N) is 4. The SMILES string of the molecule is COc1cncc(CC2N=C3C(Cc4ccccc4)=NC(c4ccccc4)=CN3C2=O)c1.